The van der Waals surface area contributed by atoms with E-state index >= 15 is 0 Å². The van der Waals surface area contributed by atoms with Crippen molar-refractivity contribution in [2.45, 2.75) is 6.92 Å². The van der Waals surface area contributed by atoms with Gasteiger partial charge in [-0.3, -0.25) is 14.5 Å². The highest BCUT2D eigenvalue weighted by molar-refractivity contribution is 5.93. The molecule has 142 valence electrons. The lowest BCUT2D eigenvalue weighted by Crippen LogP contribution is -2.04. The molecule has 5 aromatic rings. The molecule has 0 atom stereocenters. The van der Waals surface area contributed by atoms with Crippen LogP contribution in [0.15, 0.2) is 59.8 Å². The summed E-state index contributed by atoms with van der Waals surface area (Å²) >= 11 is 0. The minimum atomic E-state index is -0.425. The summed E-state index contributed by atoms with van der Waals surface area (Å²) in [6, 6.07) is 10.2. The average molecular weight is 385 g/mol. The first-order valence-corrected chi connectivity index (χ1v) is 9.08. The van der Waals surface area contributed by atoms with Gasteiger partial charge in [-0.1, -0.05) is 0 Å². The number of aromatic nitrogens is 5. The summed E-state index contributed by atoms with van der Waals surface area (Å²) in [5, 5.41) is 5.58. The maximum atomic E-state index is 14.8. The molecule has 7 heteroatoms. The SMILES string of the molecule is Cc1cnc2c(F)cc(-c3cc4c(=O)cc[nH]c4nc3-c3ccn(C)n3)cc2c1. The summed E-state index contributed by atoms with van der Waals surface area (Å²) in [5.74, 6) is -0.425. The van der Waals surface area contributed by atoms with E-state index in [4.69, 9.17) is 0 Å². The molecule has 0 unspecified atom stereocenters. The maximum absolute atomic E-state index is 14.8. The lowest BCUT2D eigenvalue weighted by molar-refractivity contribution is 0.637. The van der Waals surface area contributed by atoms with E-state index in [0.29, 0.717) is 44.5 Å². The van der Waals surface area contributed by atoms with Gasteiger partial charge in [-0.15, -0.1) is 0 Å². The lowest BCUT2D eigenvalue weighted by Gasteiger charge is -2.11. The number of hydrogen-bond donors (Lipinski definition) is 1. The van der Waals surface area contributed by atoms with Gasteiger partial charge in [0.05, 0.1) is 5.39 Å². The summed E-state index contributed by atoms with van der Waals surface area (Å²) in [7, 11) is 1.82. The van der Waals surface area contributed by atoms with Crippen LogP contribution in [-0.4, -0.2) is 24.7 Å². The standard InChI is InChI=1S/C22H16FN5O/c1-12-7-14-8-13(9-17(23)20(14)25-11-12)15-10-16-19(29)3-5-24-22(16)26-21(15)18-4-6-28(2)27-18/h3-11H,1-2H3,(H,24,26,29). The minimum absolute atomic E-state index is 0.154. The number of H-pyrrole nitrogens is 1. The zero-order valence-electron chi connectivity index (χ0n) is 15.8. The Labute approximate surface area is 164 Å². The van der Waals surface area contributed by atoms with Crippen LogP contribution in [0.3, 0.4) is 0 Å². The molecular weight excluding hydrogens is 369 g/mol. The Morgan fingerprint density at radius 2 is 2.00 bits per heavy atom. The van der Waals surface area contributed by atoms with E-state index in [1.54, 1.807) is 23.1 Å². The third-order valence-electron chi connectivity index (χ3n) is 4.88. The van der Waals surface area contributed by atoms with Gasteiger partial charge in [0, 0.05) is 42.7 Å². The lowest BCUT2D eigenvalue weighted by atomic mass is 9.98. The van der Waals surface area contributed by atoms with Crippen molar-refractivity contribution in [3.8, 4) is 22.5 Å². The van der Waals surface area contributed by atoms with Gasteiger partial charge < -0.3 is 4.98 Å². The largest absolute Gasteiger partial charge is 0.346 e. The fourth-order valence-electron chi connectivity index (χ4n) is 3.52. The smallest absolute Gasteiger partial charge is 0.191 e. The molecule has 6 nitrogen and oxygen atoms in total. The molecule has 29 heavy (non-hydrogen) atoms. The van der Waals surface area contributed by atoms with Gasteiger partial charge in [0.1, 0.15) is 28.4 Å². The summed E-state index contributed by atoms with van der Waals surface area (Å²) in [6.07, 6.45) is 5.01. The molecule has 0 aliphatic rings. The average Bonchev–Trinajstić information content (AvgIpc) is 3.13. The summed E-state index contributed by atoms with van der Waals surface area (Å²) in [4.78, 5) is 24.2. The second-order valence-corrected chi connectivity index (χ2v) is 7.04. The fourth-order valence-corrected chi connectivity index (χ4v) is 3.52. The van der Waals surface area contributed by atoms with E-state index in [1.807, 2.05) is 38.4 Å². The Hall–Kier alpha value is -3.87. The molecule has 4 heterocycles. The zero-order valence-corrected chi connectivity index (χ0v) is 15.8. The molecule has 0 radical (unpaired) electrons. The van der Waals surface area contributed by atoms with Crippen LogP contribution in [-0.2, 0) is 7.05 Å². The highest BCUT2D eigenvalue weighted by Gasteiger charge is 2.17. The van der Waals surface area contributed by atoms with Crippen LogP contribution in [0.25, 0.3) is 44.5 Å². The Morgan fingerprint density at radius 1 is 1.14 bits per heavy atom. The van der Waals surface area contributed by atoms with Gasteiger partial charge in [0.25, 0.3) is 0 Å². The van der Waals surface area contributed by atoms with Crippen LogP contribution in [0.1, 0.15) is 5.56 Å². The highest BCUT2D eigenvalue weighted by atomic mass is 19.1. The monoisotopic (exact) mass is 385 g/mol. The topological polar surface area (TPSA) is 76.5 Å². The predicted octanol–water partition coefficient (Wildman–Crippen LogP) is 3.99. The van der Waals surface area contributed by atoms with Crippen molar-refractivity contribution in [2.24, 2.45) is 7.05 Å². The van der Waals surface area contributed by atoms with Gasteiger partial charge >= 0.3 is 0 Å². The van der Waals surface area contributed by atoms with Gasteiger partial charge in [-0.2, -0.15) is 5.10 Å². The molecule has 4 aromatic heterocycles. The Kier molecular flexibility index (Phi) is 3.77. The quantitative estimate of drug-likeness (QED) is 0.499. The number of nitrogens with one attached hydrogen (secondary N) is 1. The van der Waals surface area contributed by atoms with Gasteiger partial charge in [0.15, 0.2) is 5.43 Å². The van der Waals surface area contributed by atoms with E-state index in [1.165, 1.54) is 12.1 Å². The first-order valence-electron chi connectivity index (χ1n) is 9.08. The van der Waals surface area contributed by atoms with Crippen molar-refractivity contribution in [2.75, 3.05) is 0 Å². The number of aryl methyl sites for hydroxylation is 2. The first-order chi connectivity index (χ1) is 14.0. The van der Waals surface area contributed by atoms with Crippen LogP contribution in [0.5, 0.6) is 0 Å². The number of nitrogens with zero attached hydrogens (tertiary/aromatic N) is 4. The van der Waals surface area contributed by atoms with Gasteiger partial charge in [0.2, 0.25) is 0 Å². The molecule has 0 spiro atoms. The van der Waals surface area contributed by atoms with Gasteiger partial charge in [-0.05, 0) is 48.4 Å². The zero-order chi connectivity index (χ0) is 20.1. The second-order valence-electron chi connectivity index (χ2n) is 7.04. The molecule has 0 saturated carbocycles. The van der Waals surface area contributed by atoms with Gasteiger partial charge in [-0.25, -0.2) is 9.37 Å². The Balaban J connectivity index is 1.87. The van der Waals surface area contributed by atoms with E-state index in [9.17, 15) is 9.18 Å². The van der Waals surface area contributed by atoms with E-state index in [0.717, 1.165) is 5.56 Å². The number of halogens is 1. The second kappa shape index (κ2) is 6.34. The van der Waals surface area contributed by atoms with E-state index in [-0.39, 0.29) is 5.43 Å². The van der Waals surface area contributed by atoms with Crippen molar-refractivity contribution < 1.29 is 4.39 Å². The third-order valence-corrected chi connectivity index (χ3v) is 4.88. The minimum Gasteiger partial charge on any atom is -0.346 e. The summed E-state index contributed by atoms with van der Waals surface area (Å²) in [5.41, 5.74) is 4.00. The Bertz CT molecular complexity index is 1470. The van der Waals surface area contributed by atoms with Crippen LogP contribution in [0.2, 0.25) is 0 Å². The Morgan fingerprint density at radius 3 is 2.79 bits per heavy atom. The van der Waals surface area contributed by atoms with Crippen LogP contribution >= 0.6 is 0 Å². The van der Waals surface area contributed by atoms with Crippen LogP contribution in [0.4, 0.5) is 4.39 Å². The van der Waals surface area contributed by atoms with Crippen molar-refractivity contribution >= 4 is 21.9 Å². The van der Waals surface area contributed by atoms with Crippen molar-refractivity contribution in [3.63, 3.8) is 0 Å². The number of fused-ring (bicyclic) bond motifs is 2. The normalized spacial score (nSPS) is 11.4. The first kappa shape index (κ1) is 17.2. The molecular formula is C22H16FN5O. The van der Waals surface area contributed by atoms with Crippen LogP contribution in [0, 0.1) is 12.7 Å². The highest BCUT2D eigenvalue weighted by Crippen LogP contribution is 2.34. The van der Waals surface area contributed by atoms with Crippen molar-refractivity contribution in [1.82, 2.24) is 24.7 Å². The molecule has 0 aliphatic heterocycles. The third kappa shape index (κ3) is 2.87. The van der Waals surface area contributed by atoms with Crippen molar-refractivity contribution in [1.29, 1.82) is 0 Å². The fraction of sp³-hybridized carbons (Fsp3) is 0.0909. The molecule has 1 N–H and O–H groups in total. The molecule has 0 bridgehead atoms. The number of benzene rings is 1. The number of hydrogen-bond acceptors (Lipinski definition) is 4. The summed E-state index contributed by atoms with van der Waals surface area (Å²) < 4.78 is 16.5. The molecule has 0 amide bonds. The molecule has 0 aliphatic carbocycles. The van der Waals surface area contributed by atoms with Crippen molar-refractivity contribution in [3.05, 3.63) is 76.6 Å². The molecule has 1 aromatic carbocycles. The van der Waals surface area contributed by atoms with E-state index < -0.39 is 5.82 Å². The number of pyridine rings is 3. The van der Waals surface area contributed by atoms with E-state index in [2.05, 4.69) is 20.1 Å². The number of aromatic amines is 1. The van der Waals surface area contributed by atoms with Crippen LogP contribution < -0.4 is 5.43 Å². The predicted molar refractivity (Wildman–Crippen MR) is 110 cm³/mol. The molecule has 0 fully saturated rings. The molecule has 5 rings (SSSR count). The number of rotatable bonds is 2. The molecule has 0 saturated heterocycles. The maximum Gasteiger partial charge on any atom is 0.191 e. The summed E-state index contributed by atoms with van der Waals surface area (Å²) in [6.45, 7) is 1.91.